The molecule has 0 spiro atoms. The SMILES string of the molecule is Cn1c(-c2cccc(/C=C3\SC(=O)NC3=O)c2)nc2ccccc21. The standard InChI is InChI=1S/C18H13N3O2S/c1-21-14-8-3-2-7-13(14)19-16(21)12-6-4-5-11(9-12)10-15-17(22)20-18(23)24-15/h2-10H,1H3,(H,20,22,23)/b15-10-. The van der Waals surface area contributed by atoms with Gasteiger partial charge in [-0.25, -0.2) is 4.98 Å². The predicted molar refractivity (Wildman–Crippen MR) is 95.3 cm³/mol. The van der Waals surface area contributed by atoms with Crippen LogP contribution in [0.5, 0.6) is 0 Å². The van der Waals surface area contributed by atoms with Crippen molar-refractivity contribution in [3.63, 3.8) is 0 Å². The molecule has 2 amide bonds. The van der Waals surface area contributed by atoms with Crippen LogP contribution in [0.3, 0.4) is 0 Å². The fraction of sp³-hybridized carbons (Fsp3) is 0.0556. The maximum Gasteiger partial charge on any atom is 0.290 e. The van der Waals surface area contributed by atoms with Gasteiger partial charge in [-0.15, -0.1) is 0 Å². The summed E-state index contributed by atoms with van der Waals surface area (Å²) < 4.78 is 2.04. The van der Waals surface area contributed by atoms with Crippen LogP contribution in [0.25, 0.3) is 28.5 Å². The van der Waals surface area contributed by atoms with E-state index in [9.17, 15) is 9.59 Å². The number of imide groups is 1. The second-order valence-electron chi connectivity index (χ2n) is 5.46. The average molecular weight is 335 g/mol. The van der Waals surface area contributed by atoms with Gasteiger partial charge in [0.1, 0.15) is 5.82 Å². The first-order valence-electron chi connectivity index (χ1n) is 7.38. The molecule has 0 unspecified atom stereocenters. The molecule has 0 saturated carbocycles. The van der Waals surface area contributed by atoms with E-state index >= 15 is 0 Å². The zero-order valence-corrected chi connectivity index (χ0v) is 13.6. The highest BCUT2D eigenvalue weighted by molar-refractivity contribution is 8.18. The highest BCUT2D eigenvalue weighted by atomic mass is 32.2. The van der Waals surface area contributed by atoms with Crippen LogP contribution < -0.4 is 5.32 Å². The average Bonchev–Trinajstić information content (AvgIpc) is 3.08. The number of imidazole rings is 1. The van der Waals surface area contributed by atoms with Gasteiger partial charge < -0.3 is 4.57 Å². The van der Waals surface area contributed by atoms with Gasteiger partial charge in [-0.3, -0.25) is 14.9 Å². The first-order valence-corrected chi connectivity index (χ1v) is 8.20. The van der Waals surface area contributed by atoms with E-state index in [2.05, 4.69) is 10.3 Å². The summed E-state index contributed by atoms with van der Waals surface area (Å²) in [5, 5.41) is 1.93. The second-order valence-corrected chi connectivity index (χ2v) is 6.48. The van der Waals surface area contributed by atoms with Crippen molar-refractivity contribution >= 4 is 40.0 Å². The number of hydrogen-bond acceptors (Lipinski definition) is 4. The fourth-order valence-electron chi connectivity index (χ4n) is 2.74. The minimum Gasteiger partial charge on any atom is -0.327 e. The van der Waals surface area contributed by atoms with Crippen LogP contribution in [-0.2, 0) is 11.8 Å². The summed E-state index contributed by atoms with van der Waals surface area (Å²) in [7, 11) is 1.98. The molecule has 24 heavy (non-hydrogen) atoms. The van der Waals surface area contributed by atoms with Gasteiger partial charge in [-0.1, -0.05) is 30.3 Å². The number of amides is 2. The van der Waals surface area contributed by atoms with Gasteiger partial charge in [0.2, 0.25) is 0 Å². The van der Waals surface area contributed by atoms with E-state index in [1.807, 2.05) is 60.1 Å². The van der Waals surface area contributed by atoms with E-state index in [0.717, 1.165) is 39.7 Å². The van der Waals surface area contributed by atoms with Gasteiger partial charge in [0, 0.05) is 12.6 Å². The maximum atomic E-state index is 11.7. The monoisotopic (exact) mass is 335 g/mol. The summed E-state index contributed by atoms with van der Waals surface area (Å²) in [6.45, 7) is 0. The van der Waals surface area contributed by atoms with Gasteiger partial charge >= 0.3 is 0 Å². The first kappa shape index (κ1) is 14.7. The van der Waals surface area contributed by atoms with Crippen molar-refractivity contribution in [1.29, 1.82) is 0 Å². The van der Waals surface area contributed by atoms with E-state index in [4.69, 9.17) is 0 Å². The lowest BCUT2D eigenvalue weighted by molar-refractivity contribution is -0.115. The van der Waals surface area contributed by atoms with Crippen molar-refractivity contribution in [1.82, 2.24) is 14.9 Å². The minimum absolute atomic E-state index is 0.335. The number of hydrogen-bond donors (Lipinski definition) is 1. The van der Waals surface area contributed by atoms with Gasteiger partial charge in [-0.05, 0) is 41.6 Å². The molecular formula is C18H13N3O2S. The number of para-hydroxylation sites is 2. The smallest absolute Gasteiger partial charge is 0.290 e. The molecule has 1 fully saturated rings. The first-order chi connectivity index (χ1) is 11.6. The van der Waals surface area contributed by atoms with Gasteiger partial charge in [-0.2, -0.15) is 0 Å². The van der Waals surface area contributed by atoms with E-state index in [0.29, 0.717) is 4.91 Å². The van der Waals surface area contributed by atoms with Crippen LogP contribution in [0.4, 0.5) is 4.79 Å². The lowest BCUT2D eigenvalue weighted by Crippen LogP contribution is -2.17. The molecule has 1 aliphatic rings. The number of fused-ring (bicyclic) bond motifs is 1. The Morgan fingerprint density at radius 3 is 2.71 bits per heavy atom. The van der Waals surface area contributed by atoms with Crippen LogP contribution in [0.15, 0.2) is 53.4 Å². The normalized spacial score (nSPS) is 16.1. The Bertz CT molecular complexity index is 1020. The lowest BCUT2D eigenvalue weighted by Gasteiger charge is -2.04. The summed E-state index contributed by atoms with van der Waals surface area (Å²) in [6, 6.07) is 15.7. The number of rotatable bonds is 2. The van der Waals surface area contributed by atoms with Crippen LogP contribution in [0.2, 0.25) is 0 Å². The molecule has 3 aromatic rings. The third-order valence-corrected chi connectivity index (χ3v) is 4.68. The third-order valence-electron chi connectivity index (χ3n) is 3.87. The molecule has 1 saturated heterocycles. The summed E-state index contributed by atoms with van der Waals surface area (Å²) >= 11 is 0.918. The highest BCUT2D eigenvalue weighted by Crippen LogP contribution is 2.28. The summed E-state index contributed by atoms with van der Waals surface area (Å²) in [5.41, 5.74) is 3.81. The Kier molecular flexibility index (Phi) is 3.46. The van der Waals surface area contributed by atoms with Gasteiger partial charge in [0.05, 0.1) is 15.9 Å². The maximum absolute atomic E-state index is 11.7. The molecule has 0 radical (unpaired) electrons. The molecule has 118 valence electrons. The van der Waals surface area contributed by atoms with Crippen LogP contribution >= 0.6 is 11.8 Å². The minimum atomic E-state index is -0.349. The van der Waals surface area contributed by atoms with Crippen molar-refractivity contribution in [2.45, 2.75) is 0 Å². The molecule has 0 bridgehead atoms. The molecule has 5 nitrogen and oxygen atoms in total. The Morgan fingerprint density at radius 1 is 1.12 bits per heavy atom. The van der Waals surface area contributed by atoms with E-state index in [-0.39, 0.29) is 11.1 Å². The van der Waals surface area contributed by atoms with Crippen LogP contribution in [-0.4, -0.2) is 20.7 Å². The number of aromatic nitrogens is 2. The highest BCUT2D eigenvalue weighted by Gasteiger charge is 2.24. The Labute approximate surface area is 142 Å². The molecule has 1 aromatic heterocycles. The summed E-state index contributed by atoms with van der Waals surface area (Å²) in [6.07, 6.45) is 1.72. The summed E-state index contributed by atoms with van der Waals surface area (Å²) in [4.78, 5) is 28.0. The number of aryl methyl sites for hydroxylation is 1. The largest absolute Gasteiger partial charge is 0.327 e. The molecule has 0 aliphatic carbocycles. The quantitative estimate of drug-likeness (QED) is 0.727. The zero-order valence-electron chi connectivity index (χ0n) is 12.8. The molecule has 2 aromatic carbocycles. The number of thioether (sulfide) groups is 1. The van der Waals surface area contributed by atoms with E-state index < -0.39 is 0 Å². The predicted octanol–water partition coefficient (Wildman–Crippen LogP) is 3.56. The molecule has 0 atom stereocenters. The van der Waals surface area contributed by atoms with Crippen LogP contribution in [0.1, 0.15) is 5.56 Å². The van der Waals surface area contributed by atoms with Crippen molar-refractivity contribution in [2.75, 3.05) is 0 Å². The second kappa shape index (κ2) is 5.65. The van der Waals surface area contributed by atoms with Crippen molar-refractivity contribution in [3.05, 3.63) is 59.0 Å². The third kappa shape index (κ3) is 2.51. The molecule has 1 aliphatic heterocycles. The lowest BCUT2D eigenvalue weighted by atomic mass is 10.1. The van der Waals surface area contributed by atoms with Crippen molar-refractivity contribution < 1.29 is 9.59 Å². The zero-order chi connectivity index (χ0) is 16.7. The molecule has 4 rings (SSSR count). The van der Waals surface area contributed by atoms with Crippen LogP contribution in [0, 0.1) is 0 Å². The molecular weight excluding hydrogens is 322 g/mol. The Hall–Kier alpha value is -2.86. The van der Waals surface area contributed by atoms with Gasteiger partial charge in [0.25, 0.3) is 11.1 Å². The number of nitrogens with one attached hydrogen (secondary N) is 1. The van der Waals surface area contributed by atoms with Crippen molar-refractivity contribution in [2.24, 2.45) is 7.05 Å². The van der Waals surface area contributed by atoms with E-state index in [1.54, 1.807) is 6.08 Å². The van der Waals surface area contributed by atoms with Gasteiger partial charge in [0.15, 0.2) is 0 Å². The Balaban J connectivity index is 1.77. The molecule has 2 heterocycles. The summed E-state index contributed by atoms with van der Waals surface area (Å²) in [5.74, 6) is 0.509. The fourth-order valence-corrected chi connectivity index (χ4v) is 3.43. The Morgan fingerprint density at radius 2 is 1.96 bits per heavy atom. The number of benzene rings is 2. The molecule has 6 heteroatoms. The topological polar surface area (TPSA) is 64.0 Å². The van der Waals surface area contributed by atoms with E-state index in [1.165, 1.54) is 0 Å². The van der Waals surface area contributed by atoms with Crippen molar-refractivity contribution in [3.8, 4) is 11.4 Å². The number of carbonyl (C=O) groups excluding carboxylic acids is 2. The molecule has 1 N–H and O–H groups in total. The number of carbonyl (C=O) groups is 2. The number of nitrogens with zero attached hydrogens (tertiary/aromatic N) is 2.